The molecule has 0 bridgehead atoms. The van der Waals surface area contributed by atoms with Crippen LogP contribution in [0.3, 0.4) is 0 Å². The molecule has 1 saturated heterocycles. The van der Waals surface area contributed by atoms with Crippen LogP contribution in [0, 0.1) is 0 Å². The van der Waals surface area contributed by atoms with Crippen LogP contribution in [0.4, 0.5) is 0 Å². The Labute approximate surface area is 127 Å². The molecule has 1 amide bonds. The van der Waals surface area contributed by atoms with E-state index in [9.17, 15) is 9.90 Å². The predicted molar refractivity (Wildman–Crippen MR) is 81.1 cm³/mol. The number of aliphatic hydroxyl groups excluding tert-OH is 1. The summed E-state index contributed by atoms with van der Waals surface area (Å²) < 4.78 is 0. The first-order chi connectivity index (χ1) is 10.2. The summed E-state index contributed by atoms with van der Waals surface area (Å²) in [4.78, 5) is 18.2. The third-order valence-electron chi connectivity index (χ3n) is 3.56. The smallest absolute Gasteiger partial charge is 0.270 e. The lowest BCUT2D eigenvalue weighted by atomic mass is 10.2. The second kappa shape index (κ2) is 6.34. The van der Waals surface area contributed by atoms with Crippen molar-refractivity contribution in [2.24, 2.45) is 0 Å². The highest BCUT2D eigenvalue weighted by atomic mass is 32.1. The number of likely N-dealkylation sites (tertiary alicyclic amines) is 1. The molecule has 0 unspecified atom stereocenters. The SMILES string of the molecule is O=C(N[C@@H]1CN(Cc2ccsc2)C[C@H]1O)c1ccccn1. The van der Waals surface area contributed by atoms with Gasteiger partial charge in [-0.25, -0.2) is 0 Å². The van der Waals surface area contributed by atoms with Crippen molar-refractivity contribution in [2.45, 2.75) is 18.7 Å². The van der Waals surface area contributed by atoms with Crippen LogP contribution in [0.15, 0.2) is 41.2 Å². The minimum absolute atomic E-state index is 0.239. The van der Waals surface area contributed by atoms with E-state index in [1.807, 2.05) is 5.38 Å². The lowest BCUT2D eigenvalue weighted by molar-refractivity contribution is 0.0883. The van der Waals surface area contributed by atoms with Gasteiger partial charge in [0.05, 0.1) is 12.1 Å². The van der Waals surface area contributed by atoms with E-state index >= 15 is 0 Å². The monoisotopic (exact) mass is 303 g/mol. The number of hydrogen-bond donors (Lipinski definition) is 2. The van der Waals surface area contributed by atoms with Gasteiger partial charge >= 0.3 is 0 Å². The summed E-state index contributed by atoms with van der Waals surface area (Å²) in [5.74, 6) is -0.239. The fourth-order valence-corrected chi connectivity index (χ4v) is 3.18. The lowest BCUT2D eigenvalue weighted by Gasteiger charge is -2.16. The summed E-state index contributed by atoms with van der Waals surface area (Å²) >= 11 is 1.67. The third-order valence-corrected chi connectivity index (χ3v) is 4.30. The Kier molecular flexibility index (Phi) is 4.28. The van der Waals surface area contributed by atoms with E-state index in [1.165, 1.54) is 5.56 Å². The fourth-order valence-electron chi connectivity index (χ4n) is 2.52. The zero-order valence-electron chi connectivity index (χ0n) is 11.5. The van der Waals surface area contributed by atoms with Gasteiger partial charge in [0, 0.05) is 25.8 Å². The Morgan fingerprint density at radius 2 is 2.33 bits per heavy atom. The molecule has 1 fully saturated rings. The minimum atomic E-state index is -0.545. The van der Waals surface area contributed by atoms with Crippen molar-refractivity contribution in [3.05, 3.63) is 52.5 Å². The molecule has 21 heavy (non-hydrogen) atoms. The molecule has 1 aliphatic rings. The maximum Gasteiger partial charge on any atom is 0.270 e. The molecule has 6 heteroatoms. The predicted octanol–water partition coefficient (Wildman–Crippen LogP) is 1.12. The van der Waals surface area contributed by atoms with Crippen LogP contribution in [0.25, 0.3) is 0 Å². The molecular formula is C15H17N3O2S. The number of nitrogens with zero attached hydrogens (tertiary/aromatic N) is 2. The first kappa shape index (κ1) is 14.2. The second-order valence-corrected chi connectivity index (χ2v) is 5.97. The van der Waals surface area contributed by atoms with Crippen LogP contribution < -0.4 is 5.32 Å². The Balaban J connectivity index is 1.58. The number of carbonyl (C=O) groups excluding carboxylic acids is 1. The summed E-state index contributed by atoms with van der Waals surface area (Å²) in [5.41, 5.74) is 1.62. The summed E-state index contributed by atoms with van der Waals surface area (Å²) in [6.45, 7) is 2.02. The molecule has 3 rings (SSSR count). The summed E-state index contributed by atoms with van der Waals surface area (Å²) in [5, 5.41) is 17.1. The molecule has 2 aromatic heterocycles. The molecule has 0 aromatic carbocycles. The average molecular weight is 303 g/mol. The van der Waals surface area contributed by atoms with Crippen LogP contribution in [-0.2, 0) is 6.54 Å². The number of rotatable bonds is 4. The number of carbonyl (C=O) groups is 1. The summed E-state index contributed by atoms with van der Waals surface area (Å²) in [7, 11) is 0. The normalized spacial score (nSPS) is 22.3. The van der Waals surface area contributed by atoms with Crippen LogP contribution in [0.1, 0.15) is 16.1 Å². The van der Waals surface area contributed by atoms with E-state index in [-0.39, 0.29) is 11.9 Å². The van der Waals surface area contributed by atoms with Crippen molar-refractivity contribution in [3.63, 3.8) is 0 Å². The van der Waals surface area contributed by atoms with Crippen molar-refractivity contribution in [1.82, 2.24) is 15.2 Å². The molecule has 0 spiro atoms. The standard InChI is InChI=1S/C15H17N3O2S/c19-14-9-18(7-11-4-6-21-10-11)8-13(14)17-15(20)12-3-1-2-5-16-12/h1-6,10,13-14,19H,7-9H2,(H,17,20)/t13-,14-/m1/s1. The maximum atomic E-state index is 12.1. The van der Waals surface area contributed by atoms with E-state index in [4.69, 9.17) is 0 Å². The van der Waals surface area contributed by atoms with E-state index in [2.05, 4.69) is 26.6 Å². The Bertz CT molecular complexity index is 588. The van der Waals surface area contributed by atoms with Gasteiger partial charge in [-0.1, -0.05) is 6.07 Å². The molecule has 0 radical (unpaired) electrons. The highest BCUT2D eigenvalue weighted by Crippen LogP contribution is 2.16. The zero-order valence-corrected chi connectivity index (χ0v) is 12.3. The first-order valence-corrected chi connectivity index (χ1v) is 7.80. The Morgan fingerprint density at radius 1 is 1.43 bits per heavy atom. The van der Waals surface area contributed by atoms with Gasteiger partial charge in [-0.3, -0.25) is 14.7 Å². The Hall–Kier alpha value is -1.76. The van der Waals surface area contributed by atoms with E-state index in [0.29, 0.717) is 18.8 Å². The number of hydrogen-bond acceptors (Lipinski definition) is 5. The number of aliphatic hydroxyl groups is 1. The van der Waals surface area contributed by atoms with Gasteiger partial charge in [-0.2, -0.15) is 11.3 Å². The molecule has 3 heterocycles. The number of nitrogens with one attached hydrogen (secondary N) is 1. The van der Waals surface area contributed by atoms with E-state index in [0.717, 1.165) is 6.54 Å². The van der Waals surface area contributed by atoms with Gasteiger partial charge in [0.2, 0.25) is 0 Å². The minimum Gasteiger partial charge on any atom is -0.390 e. The van der Waals surface area contributed by atoms with Gasteiger partial charge in [0.15, 0.2) is 0 Å². The van der Waals surface area contributed by atoms with Gasteiger partial charge in [0.25, 0.3) is 5.91 Å². The van der Waals surface area contributed by atoms with Gasteiger partial charge < -0.3 is 10.4 Å². The summed E-state index contributed by atoms with van der Waals surface area (Å²) in [6.07, 6.45) is 1.04. The third kappa shape index (κ3) is 3.47. The van der Waals surface area contributed by atoms with Crippen molar-refractivity contribution >= 4 is 17.2 Å². The average Bonchev–Trinajstić information content (AvgIpc) is 3.11. The zero-order chi connectivity index (χ0) is 14.7. The number of β-amino-alcohol motifs (C(OH)–C–C–N with tert-alkyl or cyclic N) is 1. The van der Waals surface area contributed by atoms with Crippen LogP contribution >= 0.6 is 11.3 Å². The van der Waals surface area contributed by atoms with Crippen molar-refractivity contribution in [2.75, 3.05) is 13.1 Å². The topological polar surface area (TPSA) is 65.5 Å². The molecule has 0 saturated carbocycles. The van der Waals surface area contributed by atoms with Crippen LogP contribution in [-0.4, -0.2) is 46.1 Å². The summed E-state index contributed by atoms with van der Waals surface area (Å²) in [6, 6.07) is 7.04. The van der Waals surface area contributed by atoms with Crippen molar-refractivity contribution in [3.8, 4) is 0 Å². The second-order valence-electron chi connectivity index (χ2n) is 5.19. The largest absolute Gasteiger partial charge is 0.390 e. The Morgan fingerprint density at radius 3 is 3.05 bits per heavy atom. The first-order valence-electron chi connectivity index (χ1n) is 6.86. The quantitative estimate of drug-likeness (QED) is 0.888. The van der Waals surface area contributed by atoms with Crippen molar-refractivity contribution in [1.29, 1.82) is 0 Å². The molecule has 5 nitrogen and oxygen atoms in total. The molecule has 110 valence electrons. The van der Waals surface area contributed by atoms with E-state index < -0.39 is 6.10 Å². The van der Waals surface area contributed by atoms with Gasteiger partial charge in [0.1, 0.15) is 5.69 Å². The van der Waals surface area contributed by atoms with Crippen molar-refractivity contribution < 1.29 is 9.90 Å². The van der Waals surface area contributed by atoms with E-state index in [1.54, 1.807) is 35.7 Å². The molecular weight excluding hydrogens is 286 g/mol. The van der Waals surface area contributed by atoms with Gasteiger partial charge in [-0.15, -0.1) is 0 Å². The number of amides is 1. The van der Waals surface area contributed by atoms with Crippen LogP contribution in [0.5, 0.6) is 0 Å². The van der Waals surface area contributed by atoms with Gasteiger partial charge in [-0.05, 0) is 34.5 Å². The molecule has 2 atom stereocenters. The highest BCUT2D eigenvalue weighted by molar-refractivity contribution is 7.07. The molecule has 2 aromatic rings. The fraction of sp³-hybridized carbons (Fsp3) is 0.333. The molecule has 1 aliphatic heterocycles. The molecule has 2 N–H and O–H groups in total. The maximum absolute atomic E-state index is 12.1. The lowest BCUT2D eigenvalue weighted by Crippen LogP contribution is -2.43. The number of aromatic nitrogens is 1. The highest BCUT2D eigenvalue weighted by Gasteiger charge is 2.32. The number of pyridine rings is 1. The molecule has 0 aliphatic carbocycles. The number of thiophene rings is 1. The van der Waals surface area contributed by atoms with Crippen LogP contribution in [0.2, 0.25) is 0 Å².